The molecule has 1 aromatic rings. The molecule has 1 aliphatic rings. The first kappa shape index (κ1) is 14.7. The van der Waals surface area contributed by atoms with E-state index in [2.05, 4.69) is 15.9 Å². The van der Waals surface area contributed by atoms with Gasteiger partial charge >= 0.3 is 0 Å². The lowest BCUT2D eigenvalue weighted by atomic mass is 9.83. The van der Waals surface area contributed by atoms with Crippen LogP contribution in [0.15, 0.2) is 22.7 Å². The minimum absolute atomic E-state index is 0.0774. The van der Waals surface area contributed by atoms with Crippen LogP contribution >= 0.6 is 15.9 Å². The lowest BCUT2D eigenvalue weighted by molar-refractivity contribution is -0.129. The molecule has 1 unspecified atom stereocenters. The summed E-state index contributed by atoms with van der Waals surface area (Å²) in [6, 6.07) is 4.27. The molecule has 0 bridgehead atoms. The van der Waals surface area contributed by atoms with Gasteiger partial charge in [-0.15, -0.1) is 0 Å². The van der Waals surface area contributed by atoms with Crippen molar-refractivity contribution in [2.45, 2.75) is 44.6 Å². The lowest BCUT2D eigenvalue weighted by Crippen LogP contribution is -2.32. The Morgan fingerprint density at radius 3 is 2.74 bits per heavy atom. The molecule has 0 amide bonds. The highest BCUT2D eigenvalue weighted by molar-refractivity contribution is 9.10. The van der Waals surface area contributed by atoms with Gasteiger partial charge in [-0.25, -0.2) is 4.39 Å². The van der Waals surface area contributed by atoms with Crippen LogP contribution in [0.1, 0.15) is 37.7 Å². The molecule has 104 valence electrons. The Labute approximate surface area is 121 Å². The van der Waals surface area contributed by atoms with E-state index in [1.54, 1.807) is 6.07 Å². The average molecular weight is 329 g/mol. The highest BCUT2D eigenvalue weighted by Gasteiger charge is 2.27. The number of halogens is 2. The van der Waals surface area contributed by atoms with Gasteiger partial charge < -0.3 is 5.11 Å². The highest BCUT2D eigenvalue weighted by Crippen LogP contribution is 2.28. The van der Waals surface area contributed by atoms with Crippen LogP contribution in [0, 0.1) is 11.7 Å². The van der Waals surface area contributed by atoms with Crippen LogP contribution < -0.4 is 0 Å². The van der Waals surface area contributed by atoms with Crippen molar-refractivity contribution in [2.75, 3.05) is 0 Å². The fraction of sp³-hybridized carbons (Fsp3) is 0.533. The van der Waals surface area contributed by atoms with Crippen molar-refractivity contribution < 1.29 is 14.3 Å². The van der Waals surface area contributed by atoms with Crippen molar-refractivity contribution in [3.8, 4) is 0 Å². The van der Waals surface area contributed by atoms with Crippen LogP contribution in [0.3, 0.4) is 0 Å². The fourth-order valence-electron chi connectivity index (χ4n) is 2.68. The molecule has 4 heteroatoms. The second kappa shape index (κ2) is 6.62. The summed E-state index contributed by atoms with van der Waals surface area (Å²) in [6.07, 6.45) is 4.35. The van der Waals surface area contributed by atoms with E-state index in [-0.39, 0.29) is 23.9 Å². The molecule has 0 aromatic heterocycles. The van der Waals surface area contributed by atoms with Gasteiger partial charge in [-0.05, 0) is 42.5 Å². The third kappa shape index (κ3) is 3.86. The van der Waals surface area contributed by atoms with Gasteiger partial charge in [-0.1, -0.05) is 35.2 Å². The molecule has 0 spiro atoms. The van der Waals surface area contributed by atoms with E-state index >= 15 is 0 Å². The molecular formula is C15H18BrFO2. The Kier molecular flexibility index (Phi) is 5.11. The SMILES string of the molecule is O=C(Cc1cc(F)ccc1Br)C(O)C1CCCCC1. The molecule has 1 aliphatic carbocycles. The Hall–Kier alpha value is -0.740. The molecule has 1 saturated carbocycles. The minimum Gasteiger partial charge on any atom is -0.385 e. The third-order valence-electron chi connectivity index (χ3n) is 3.80. The molecule has 1 N–H and O–H groups in total. The van der Waals surface area contributed by atoms with Gasteiger partial charge in [0.05, 0.1) is 0 Å². The summed E-state index contributed by atoms with van der Waals surface area (Å²) < 4.78 is 13.9. The van der Waals surface area contributed by atoms with Crippen LogP contribution in [0.25, 0.3) is 0 Å². The molecule has 19 heavy (non-hydrogen) atoms. The summed E-state index contributed by atoms with van der Waals surface area (Å²) in [5.74, 6) is -0.495. The summed E-state index contributed by atoms with van der Waals surface area (Å²) in [6.45, 7) is 0. The maximum absolute atomic E-state index is 13.2. The fourth-order valence-corrected chi connectivity index (χ4v) is 3.07. The zero-order valence-corrected chi connectivity index (χ0v) is 12.3. The van der Waals surface area contributed by atoms with E-state index < -0.39 is 6.10 Å². The van der Waals surface area contributed by atoms with Crippen LogP contribution in [0.5, 0.6) is 0 Å². The first-order chi connectivity index (χ1) is 9.08. The number of ketones is 1. The quantitative estimate of drug-likeness (QED) is 0.916. The average Bonchev–Trinajstić information content (AvgIpc) is 2.43. The van der Waals surface area contributed by atoms with Gasteiger partial charge in [0.25, 0.3) is 0 Å². The molecule has 2 nitrogen and oxygen atoms in total. The standard InChI is InChI=1S/C15H18BrFO2/c16-13-7-6-12(17)8-11(13)9-14(18)15(19)10-4-2-1-3-5-10/h6-8,10,15,19H,1-5,9H2. The molecule has 1 atom stereocenters. The number of rotatable bonds is 4. The molecule has 1 aromatic carbocycles. The van der Waals surface area contributed by atoms with Gasteiger partial charge in [-0.3, -0.25) is 4.79 Å². The van der Waals surface area contributed by atoms with Crippen molar-refractivity contribution in [3.63, 3.8) is 0 Å². The summed E-state index contributed by atoms with van der Waals surface area (Å²) in [5.41, 5.74) is 0.597. The molecular weight excluding hydrogens is 311 g/mol. The number of carbonyl (C=O) groups excluding carboxylic acids is 1. The van der Waals surface area contributed by atoms with Gasteiger partial charge in [-0.2, -0.15) is 0 Å². The Bertz CT molecular complexity index is 455. The van der Waals surface area contributed by atoms with Crippen molar-refractivity contribution >= 4 is 21.7 Å². The number of hydrogen-bond donors (Lipinski definition) is 1. The maximum atomic E-state index is 13.2. The van der Waals surface area contributed by atoms with E-state index in [1.807, 2.05) is 0 Å². The summed E-state index contributed by atoms with van der Waals surface area (Å²) in [7, 11) is 0. The Morgan fingerprint density at radius 2 is 2.05 bits per heavy atom. The molecule has 0 radical (unpaired) electrons. The van der Waals surface area contributed by atoms with E-state index in [0.29, 0.717) is 10.0 Å². The molecule has 0 aliphatic heterocycles. The summed E-state index contributed by atoms with van der Waals surface area (Å²) in [5, 5.41) is 10.1. The largest absolute Gasteiger partial charge is 0.385 e. The van der Waals surface area contributed by atoms with Gasteiger partial charge in [0.1, 0.15) is 11.9 Å². The monoisotopic (exact) mass is 328 g/mol. The van der Waals surface area contributed by atoms with E-state index in [0.717, 1.165) is 25.7 Å². The van der Waals surface area contributed by atoms with E-state index in [1.165, 1.54) is 18.6 Å². The summed E-state index contributed by atoms with van der Waals surface area (Å²) in [4.78, 5) is 12.1. The second-order valence-electron chi connectivity index (χ2n) is 5.22. The van der Waals surface area contributed by atoms with Crippen molar-refractivity contribution in [2.24, 2.45) is 5.92 Å². The predicted molar refractivity (Wildman–Crippen MR) is 75.4 cm³/mol. The lowest BCUT2D eigenvalue weighted by Gasteiger charge is -2.25. The number of Topliss-reactive ketones (excluding diaryl/α,β-unsaturated/α-hetero) is 1. The van der Waals surface area contributed by atoms with Gasteiger partial charge in [0.15, 0.2) is 5.78 Å². The van der Waals surface area contributed by atoms with Crippen LogP contribution in [0.4, 0.5) is 4.39 Å². The van der Waals surface area contributed by atoms with E-state index in [4.69, 9.17) is 0 Å². The van der Waals surface area contributed by atoms with Gasteiger partial charge in [0, 0.05) is 10.9 Å². The Balaban J connectivity index is 2.01. The number of hydrogen-bond acceptors (Lipinski definition) is 2. The van der Waals surface area contributed by atoms with Crippen LogP contribution in [0.2, 0.25) is 0 Å². The third-order valence-corrected chi connectivity index (χ3v) is 4.57. The Morgan fingerprint density at radius 1 is 1.37 bits per heavy atom. The van der Waals surface area contributed by atoms with Gasteiger partial charge in [0.2, 0.25) is 0 Å². The minimum atomic E-state index is -0.907. The van der Waals surface area contributed by atoms with Crippen LogP contribution in [-0.4, -0.2) is 17.0 Å². The number of aliphatic hydroxyl groups is 1. The molecule has 0 saturated heterocycles. The summed E-state index contributed by atoms with van der Waals surface area (Å²) >= 11 is 3.30. The predicted octanol–water partition coefficient (Wildman–Crippen LogP) is 3.64. The van der Waals surface area contributed by atoms with Crippen LogP contribution in [-0.2, 0) is 11.2 Å². The van der Waals surface area contributed by atoms with E-state index in [9.17, 15) is 14.3 Å². The second-order valence-corrected chi connectivity index (χ2v) is 6.08. The highest BCUT2D eigenvalue weighted by atomic mass is 79.9. The number of carbonyl (C=O) groups is 1. The molecule has 2 rings (SSSR count). The van der Waals surface area contributed by atoms with Crippen molar-refractivity contribution in [1.29, 1.82) is 0 Å². The topological polar surface area (TPSA) is 37.3 Å². The normalized spacial score (nSPS) is 18.3. The maximum Gasteiger partial charge on any atom is 0.165 e. The zero-order chi connectivity index (χ0) is 13.8. The molecule has 1 fully saturated rings. The zero-order valence-electron chi connectivity index (χ0n) is 10.7. The van der Waals surface area contributed by atoms with Crippen molar-refractivity contribution in [1.82, 2.24) is 0 Å². The number of aliphatic hydroxyl groups excluding tert-OH is 1. The first-order valence-electron chi connectivity index (χ1n) is 6.72. The first-order valence-corrected chi connectivity index (χ1v) is 7.52. The van der Waals surface area contributed by atoms with Crippen molar-refractivity contribution in [3.05, 3.63) is 34.1 Å². The molecule has 0 heterocycles. The smallest absolute Gasteiger partial charge is 0.165 e. The number of benzene rings is 1.